The number of aryl methyl sites for hydroxylation is 1. The molecule has 21 heavy (non-hydrogen) atoms. The van der Waals surface area contributed by atoms with E-state index in [1.54, 1.807) is 12.1 Å². The molecule has 0 bridgehead atoms. The van der Waals surface area contributed by atoms with Crippen molar-refractivity contribution in [3.8, 4) is 0 Å². The molecule has 0 aromatic heterocycles. The lowest BCUT2D eigenvalue weighted by atomic mass is 10.0. The second kappa shape index (κ2) is 5.92. The number of carbonyl (C=O) groups excluding carboxylic acids is 2. The quantitative estimate of drug-likeness (QED) is 0.491. The zero-order valence-electron chi connectivity index (χ0n) is 11.6. The SMILES string of the molecule is O=CC(C(=O)OC1CCc2ccccc21)c1ccccc1. The van der Waals surface area contributed by atoms with Crippen LogP contribution in [0.2, 0.25) is 0 Å². The number of rotatable bonds is 4. The second-order valence-electron chi connectivity index (χ2n) is 5.19. The molecule has 2 unspecified atom stereocenters. The summed E-state index contributed by atoms with van der Waals surface area (Å²) in [6.45, 7) is 0. The Hall–Kier alpha value is -2.42. The molecule has 3 nitrogen and oxygen atoms in total. The van der Waals surface area contributed by atoms with Gasteiger partial charge in [-0.1, -0.05) is 54.6 Å². The maximum absolute atomic E-state index is 12.3. The minimum absolute atomic E-state index is 0.236. The Morgan fingerprint density at radius 2 is 1.81 bits per heavy atom. The molecule has 2 atom stereocenters. The molecular weight excluding hydrogens is 264 g/mol. The third-order valence-corrected chi connectivity index (χ3v) is 3.88. The molecule has 1 aliphatic rings. The highest BCUT2D eigenvalue weighted by Gasteiger charge is 2.29. The van der Waals surface area contributed by atoms with Crippen LogP contribution in [0.3, 0.4) is 0 Å². The minimum atomic E-state index is -0.848. The number of hydrogen-bond donors (Lipinski definition) is 0. The van der Waals surface area contributed by atoms with Crippen LogP contribution in [-0.4, -0.2) is 12.3 Å². The van der Waals surface area contributed by atoms with Crippen molar-refractivity contribution in [2.75, 3.05) is 0 Å². The lowest BCUT2D eigenvalue weighted by Gasteiger charge is -2.16. The number of aldehydes is 1. The zero-order valence-corrected chi connectivity index (χ0v) is 11.6. The van der Waals surface area contributed by atoms with Crippen LogP contribution in [0, 0.1) is 0 Å². The summed E-state index contributed by atoms with van der Waals surface area (Å²) in [6, 6.07) is 17.0. The number of hydrogen-bond acceptors (Lipinski definition) is 3. The van der Waals surface area contributed by atoms with Crippen LogP contribution in [0.25, 0.3) is 0 Å². The fourth-order valence-electron chi connectivity index (χ4n) is 2.78. The number of esters is 1. The molecule has 0 spiro atoms. The number of fused-ring (bicyclic) bond motifs is 1. The van der Waals surface area contributed by atoms with Crippen LogP contribution in [-0.2, 0) is 20.7 Å². The molecule has 0 heterocycles. The zero-order chi connectivity index (χ0) is 14.7. The standard InChI is InChI=1S/C18H16O3/c19-12-16(13-6-2-1-3-7-13)18(20)21-17-11-10-14-8-4-5-9-15(14)17/h1-9,12,16-17H,10-11H2. The largest absolute Gasteiger partial charge is 0.457 e. The first-order valence-electron chi connectivity index (χ1n) is 7.08. The van der Waals surface area contributed by atoms with Crippen molar-refractivity contribution < 1.29 is 14.3 Å². The van der Waals surface area contributed by atoms with E-state index < -0.39 is 11.9 Å². The molecule has 0 N–H and O–H groups in total. The molecule has 0 aliphatic heterocycles. The van der Waals surface area contributed by atoms with E-state index in [1.807, 2.05) is 36.4 Å². The molecule has 3 heteroatoms. The molecule has 0 radical (unpaired) electrons. The third-order valence-electron chi connectivity index (χ3n) is 3.88. The Kier molecular flexibility index (Phi) is 3.82. The van der Waals surface area contributed by atoms with Crippen molar-refractivity contribution in [3.63, 3.8) is 0 Å². The summed E-state index contributed by atoms with van der Waals surface area (Å²) < 4.78 is 5.58. The van der Waals surface area contributed by atoms with Gasteiger partial charge in [0.1, 0.15) is 18.3 Å². The van der Waals surface area contributed by atoms with Crippen molar-refractivity contribution >= 4 is 12.3 Å². The fraction of sp³-hybridized carbons (Fsp3) is 0.222. The fourth-order valence-corrected chi connectivity index (χ4v) is 2.78. The van der Waals surface area contributed by atoms with Crippen molar-refractivity contribution in [2.45, 2.75) is 24.9 Å². The van der Waals surface area contributed by atoms with Crippen LogP contribution in [0.4, 0.5) is 0 Å². The van der Waals surface area contributed by atoms with Crippen LogP contribution in [0.1, 0.15) is 35.1 Å². The molecule has 106 valence electrons. The van der Waals surface area contributed by atoms with Gasteiger partial charge in [-0.15, -0.1) is 0 Å². The average Bonchev–Trinajstić information content (AvgIpc) is 2.92. The number of carbonyl (C=O) groups is 2. The molecule has 2 aromatic carbocycles. The van der Waals surface area contributed by atoms with Crippen LogP contribution in [0.5, 0.6) is 0 Å². The molecule has 3 rings (SSSR count). The van der Waals surface area contributed by atoms with Gasteiger partial charge in [-0.2, -0.15) is 0 Å². The van der Waals surface area contributed by atoms with Gasteiger partial charge in [0.25, 0.3) is 0 Å². The molecule has 0 saturated heterocycles. The summed E-state index contributed by atoms with van der Waals surface area (Å²) in [5, 5.41) is 0. The van der Waals surface area contributed by atoms with Gasteiger partial charge in [0.15, 0.2) is 0 Å². The Morgan fingerprint density at radius 3 is 2.57 bits per heavy atom. The third kappa shape index (κ3) is 2.72. The molecule has 0 fully saturated rings. The minimum Gasteiger partial charge on any atom is -0.457 e. The van der Waals surface area contributed by atoms with Crippen LogP contribution >= 0.6 is 0 Å². The smallest absolute Gasteiger partial charge is 0.321 e. The van der Waals surface area contributed by atoms with Crippen molar-refractivity contribution in [1.82, 2.24) is 0 Å². The van der Waals surface area contributed by atoms with Gasteiger partial charge in [0.05, 0.1) is 0 Å². The van der Waals surface area contributed by atoms with Crippen LogP contribution < -0.4 is 0 Å². The Morgan fingerprint density at radius 1 is 1.10 bits per heavy atom. The van der Waals surface area contributed by atoms with E-state index >= 15 is 0 Å². The van der Waals surface area contributed by atoms with Gasteiger partial charge in [0.2, 0.25) is 0 Å². The molecule has 0 saturated carbocycles. The van der Waals surface area contributed by atoms with E-state index in [-0.39, 0.29) is 6.10 Å². The van der Waals surface area contributed by atoms with Gasteiger partial charge in [-0.05, 0) is 29.5 Å². The highest BCUT2D eigenvalue weighted by Crippen LogP contribution is 2.34. The summed E-state index contributed by atoms with van der Waals surface area (Å²) >= 11 is 0. The van der Waals surface area contributed by atoms with Gasteiger partial charge in [0, 0.05) is 0 Å². The van der Waals surface area contributed by atoms with E-state index in [1.165, 1.54) is 5.56 Å². The predicted octanol–water partition coefficient (Wildman–Crippen LogP) is 3.20. The predicted molar refractivity (Wildman–Crippen MR) is 78.8 cm³/mol. The van der Waals surface area contributed by atoms with E-state index in [0.717, 1.165) is 18.4 Å². The first kappa shape index (κ1) is 13.6. The number of benzene rings is 2. The molecular formula is C18H16O3. The van der Waals surface area contributed by atoms with Gasteiger partial charge < -0.3 is 9.53 Å². The molecule has 1 aliphatic carbocycles. The van der Waals surface area contributed by atoms with Crippen molar-refractivity contribution in [3.05, 3.63) is 71.3 Å². The summed E-state index contributed by atoms with van der Waals surface area (Å²) in [7, 11) is 0. The normalized spacial score (nSPS) is 17.8. The van der Waals surface area contributed by atoms with Gasteiger partial charge in [-0.3, -0.25) is 4.79 Å². The Labute approximate surface area is 123 Å². The average molecular weight is 280 g/mol. The summed E-state index contributed by atoms with van der Waals surface area (Å²) in [4.78, 5) is 23.6. The van der Waals surface area contributed by atoms with E-state index in [4.69, 9.17) is 4.74 Å². The maximum atomic E-state index is 12.3. The number of ether oxygens (including phenoxy) is 1. The van der Waals surface area contributed by atoms with Crippen molar-refractivity contribution in [1.29, 1.82) is 0 Å². The molecule has 2 aromatic rings. The van der Waals surface area contributed by atoms with Crippen molar-refractivity contribution in [2.24, 2.45) is 0 Å². The van der Waals surface area contributed by atoms with E-state index in [9.17, 15) is 9.59 Å². The Bertz CT molecular complexity index is 649. The second-order valence-corrected chi connectivity index (χ2v) is 5.19. The Balaban J connectivity index is 1.76. The maximum Gasteiger partial charge on any atom is 0.321 e. The monoisotopic (exact) mass is 280 g/mol. The topological polar surface area (TPSA) is 43.4 Å². The van der Waals surface area contributed by atoms with Gasteiger partial charge >= 0.3 is 5.97 Å². The summed E-state index contributed by atoms with van der Waals surface area (Å²) in [5.41, 5.74) is 2.95. The first-order chi connectivity index (χ1) is 10.3. The lowest BCUT2D eigenvalue weighted by Crippen LogP contribution is -2.19. The highest BCUT2D eigenvalue weighted by molar-refractivity contribution is 5.94. The summed E-state index contributed by atoms with van der Waals surface area (Å²) in [6.07, 6.45) is 2.11. The molecule has 0 amide bonds. The first-order valence-corrected chi connectivity index (χ1v) is 7.08. The van der Waals surface area contributed by atoms with E-state index in [2.05, 4.69) is 6.07 Å². The van der Waals surface area contributed by atoms with Gasteiger partial charge in [-0.25, -0.2) is 0 Å². The van der Waals surface area contributed by atoms with Crippen LogP contribution in [0.15, 0.2) is 54.6 Å². The summed E-state index contributed by atoms with van der Waals surface area (Å²) in [5.74, 6) is -1.32. The lowest BCUT2D eigenvalue weighted by molar-refractivity contribution is -0.152. The van der Waals surface area contributed by atoms with E-state index in [0.29, 0.717) is 11.8 Å². The highest BCUT2D eigenvalue weighted by atomic mass is 16.5.